The van der Waals surface area contributed by atoms with Gasteiger partial charge in [0, 0.05) is 12.8 Å². The Labute approximate surface area is 105 Å². The van der Waals surface area contributed by atoms with Gasteiger partial charge in [-0.25, -0.2) is 0 Å². The van der Waals surface area contributed by atoms with Crippen molar-refractivity contribution in [2.75, 3.05) is 6.61 Å². The SMILES string of the molecule is CCC(=O)O.CCOC(=O)C1C=C(O)CC(=O)C1. The minimum atomic E-state index is -0.745. The van der Waals surface area contributed by atoms with Gasteiger partial charge in [-0.05, 0) is 13.0 Å². The maximum Gasteiger partial charge on any atom is 0.313 e. The minimum absolute atomic E-state index is 0.0331. The van der Waals surface area contributed by atoms with Gasteiger partial charge in [0.25, 0.3) is 0 Å². The molecule has 102 valence electrons. The van der Waals surface area contributed by atoms with Crippen molar-refractivity contribution in [2.45, 2.75) is 33.1 Å². The van der Waals surface area contributed by atoms with Crippen LogP contribution in [0.25, 0.3) is 0 Å². The largest absolute Gasteiger partial charge is 0.512 e. The zero-order valence-corrected chi connectivity index (χ0v) is 10.5. The smallest absolute Gasteiger partial charge is 0.313 e. The van der Waals surface area contributed by atoms with E-state index in [0.29, 0.717) is 0 Å². The number of allylic oxidation sites excluding steroid dienone is 1. The molecule has 1 aliphatic rings. The van der Waals surface area contributed by atoms with Crippen molar-refractivity contribution in [3.8, 4) is 0 Å². The first-order valence-electron chi connectivity index (χ1n) is 5.70. The third-order valence-corrected chi connectivity index (χ3v) is 2.11. The lowest BCUT2D eigenvalue weighted by Gasteiger charge is -2.15. The third kappa shape index (κ3) is 6.67. The predicted octanol–water partition coefficient (Wildman–Crippen LogP) is 1.45. The molecule has 6 heteroatoms. The number of esters is 1. The van der Waals surface area contributed by atoms with E-state index < -0.39 is 17.9 Å². The molecule has 0 fully saturated rings. The summed E-state index contributed by atoms with van der Waals surface area (Å²) >= 11 is 0. The van der Waals surface area contributed by atoms with Crippen molar-refractivity contribution >= 4 is 17.7 Å². The van der Waals surface area contributed by atoms with Crippen molar-refractivity contribution in [1.29, 1.82) is 0 Å². The number of aliphatic hydroxyl groups excluding tert-OH is 1. The molecule has 18 heavy (non-hydrogen) atoms. The molecule has 0 saturated carbocycles. The first kappa shape index (κ1) is 16.1. The summed E-state index contributed by atoms with van der Waals surface area (Å²) in [7, 11) is 0. The Hall–Kier alpha value is -1.85. The van der Waals surface area contributed by atoms with Crippen LogP contribution >= 0.6 is 0 Å². The van der Waals surface area contributed by atoms with Gasteiger partial charge in [-0.3, -0.25) is 14.4 Å². The van der Waals surface area contributed by atoms with E-state index in [2.05, 4.69) is 0 Å². The number of ether oxygens (including phenoxy) is 1. The number of rotatable bonds is 3. The second kappa shape index (κ2) is 8.27. The van der Waals surface area contributed by atoms with Gasteiger partial charge < -0.3 is 14.9 Å². The van der Waals surface area contributed by atoms with Crippen LogP contribution in [0.5, 0.6) is 0 Å². The highest BCUT2D eigenvalue weighted by Gasteiger charge is 2.26. The minimum Gasteiger partial charge on any atom is -0.512 e. The van der Waals surface area contributed by atoms with E-state index in [-0.39, 0.29) is 37.4 Å². The molecule has 0 aromatic heterocycles. The summed E-state index contributed by atoms with van der Waals surface area (Å²) < 4.78 is 4.73. The molecule has 0 amide bonds. The summed E-state index contributed by atoms with van der Waals surface area (Å²) in [5.74, 6) is -1.94. The Kier molecular flexibility index (Phi) is 7.42. The van der Waals surface area contributed by atoms with E-state index in [9.17, 15) is 14.4 Å². The molecule has 0 heterocycles. The second-order valence-corrected chi connectivity index (χ2v) is 3.68. The average Bonchev–Trinajstić information content (AvgIpc) is 2.28. The quantitative estimate of drug-likeness (QED) is 0.743. The molecule has 0 bridgehead atoms. The molecule has 0 aliphatic heterocycles. The number of ketones is 1. The Morgan fingerprint density at radius 3 is 2.39 bits per heavy atom. The monoisotopic (exact) mass is 258 g/mol. The number of hydrogen-bond donors (Lipinski definition) is 2. The van der Waals surface area contributed by atoms with Crippen LogP contribution in [0.3, 0.4) is 0 Å². The normalized spacial score (nSPS) is 18.2. The van der Waals surface area contributed by atoms with Crippen LogP contribution in [0.2, 0.25) is 0 Å². The molecule has 1 atom stereocenters. The average molecular weight is 258 g/mol. The van der Waals surface area contributed by atoms with Crippen LogP contribution < -0.4 is 0 Å². The first-order chi connectivity index (χ1) is 8.40. The van der Waals surface area contributed by atoms with Crippen molar-refractivity contribution in [2.24, 2.45) is 5.92 Å². The van der Waals surface area contributed by atoms with Gasteiger partial charge in [0.15, 0.2) is 0 Å². The van der Waals surface area contributed by atoms with Gasteiger partial charge in [0.05, 0.1) is 24.7 Å². The zero-order valence-electron chi connectivity index (χ0n) is 10.5. The number of aliphatic hydroxyl groups is 1. The molecular formula is C12H18O6. The Balaban J connectivity index is 0.000000494. The van der Waals surface area contributed by atoms with Gasteiger partial charge in [-0.1, -0.05) is 6.92 Å². The number of carbonyl (C=O) groups is 3. The molecule has 1 aliphatic carbocycles. The fourth-order valence-corrected chi connectivity index (χ4v) is 1.27. The lowest BCUT2D eigenvalue weighted by molar-refractivity contribution is -0.148. The molecule has 0 saturated heterocycles. The molecule has 2 N–H and O–H groups in total. The number of hydrogen-bond acceptors (Lipinski definition) is 5. The lowest BCUT2D eigenvalue weighted by atomic mass is 9.94. The van der Waals surface area contributed by atoms with E-state index >= 15 is 0 Å². The molecule has 0 aromatic rings. The third-order valence-electron chi connectivity index (χ3n) is 2.11. The Bertz CT molecular complexity index is 344. The molecule has 0 aromatic carbocycles. The molecule has 1 rings (SSSR count). The standard InChI is InChI=1S/C9H12O4.C3H6O2/c1-2-13-9(12)6-3-7(10)5-8(11)4-6;1-2-3(4)5/h3,6,10H,2,4-5H2,1H3;2H2,1H3,(H,4,5). The number of carboxylic acids is 1. The van der Waals surface area contributed by atoms with E-state index in [1.165, 1.54) is 6.08 Å². The highest BCUT2D eigenvalue weighted by Crippen LogP contribution is 2.19. The highest BCUT2D eigenvalue weighted by atomic mass is 16.5. The zero-order chi connectivity index (χ0) is 14.1. The number of aliphatic carboxylic acids is 1. The fraction of sp³-hybridized carbons (Fsp3) is 0.583. The topological polar surface area (TPSA) is 101 Å². The van der Waals surface area contributed by atoms with Crippen LogP contribution in [-0.4, -0.2) is 34.5 Å². The van der Waals surface area contributed by atoms with Gasteiger partial charge in [0.2, 0.25) is 0 Å². The molecule has 0 radical (unpaired) electrons. The predicted molar refractivity (Wildman–Crippen MR) is 63.0 cm³/mol. The van der Waals surface area contributed by atoms with E-state index in [0.717, 1.165) is 0 Å². The second-order valence-electron chi connectivity index (χ2n) is 3.68. The number of carboxylic acid groups (broad SMARTS) is 1. The van der Waals surface area contributed by atoms with Crippen molar-refractivity contribution < 1.29 is 29.3 Å². The van der Waals surface area contributed by atoms with Crippen molar-refractivity contribution in [1.82, 2.24) is 0 Å². The summed E-state index contributed by atoms with van der Waals surface area (Å²) in [6, 6.07) is 0. The molecular weight excluding hydrogens is 240 g/mol. The Morgan fingerprint density at radius 2 is 2.00 bits per heavy atom. The highest BCUT2D eigenvalue weighted by molar-refractivity contribution is 5.88. The van der Waals surface area contributed by atoms with E-state index in [1.54, 1.807) is 13.8 Å². The van der Waals surface area contributed by atoms with E-state index in [1.807, 2.05) is 0 Å². The van der Waals surface area contributed by atoms with E-state index in [4.69, 9.17) is 14.9 Å². The summed E-state index contributed by atoms with van der Waals surface area (Å²) in [6.07, 6.45) is 1.79. The summed E-state index contributed by atoms with van der Waals surface area (Å²) in [6.45, 7) is 3.59. The number of carbonyl (C=O) groups excluding carboxylic acids is 2. The summed E-state index contributed by atoms with van der Waals surface area (Å²) in [4.78, 5) is 31.5. The maximum absolute atomic E-state index is 11.2. The van der Waals surface area contributed by atoms with Gasteiger partial charge in [0.1, 0.15) is 5.78 Å². The maximum atomic E-state index is 11.2. The van der Waals surface area contributed by atoms with Crippen LogP contribution in [0.1, 0.15) is 33.1 Å². The molecule has 0 spiro atoms. The van der Waals surface area contributed by atoms with Crippen molar-refractivity contribution in [3.05, 3.63) is 11.8 Å². The fourth-order valence-electron chi connectivity index (χ4n) is 1.27. The van der Waals surface area contributed by atoms with Gasteiger partial charge in [-0.2, -0.15) is 0 Å². The van der Waals surface area contributed by atoms with Gasteiger partial charge >= 0.3 is 11.9 Å². The summed E-state index contributed by atoms with van der Waals surface area (Å²) in [5.41, 5.74) is 0. The molecule has 1 unspecified atom stereocenters. The van der Waals surface area contributed by atoms with Crippen LogP contribution in [0.15, 0.2) is 11.8 Å². The first-order valence-corrected chi connectivity index (χ1v) is 5.70. The van der Waals surface area contributed by atoms with Crippen LogP contribution in [0.4, 0.5) is 0 Å². The Morgan fingerprint density at radius 1 is 1.44 bits per heavy atom. The lowest BCUT2D eigenvalue weighted by Crippen LogP contribution is -2.23. The summed E-state index contributed by atoms with van der Waals surface area (Å²) in [5, 5.41) is 16.8. The molecule has 6 nitrogen and oxygen atoms in total. The van der Waals surface area contributed by atoms with Gasteiger partial charge in [-0.15, -0.1) is 0 Å². The van der Waals surface area contributed by atoms with Crippen LogP contribution in [0, 0.1) is 5.92 Å². The van der Waals surface area contributed by atoms with Crippen LogP contribution in [-0.2, 0) is 19.1 Å². The number of Topliss-reactive ketones (excluding diaryl/α,β-unsaturated/α-hetero) is 1. The van der Waals surface area contributed by atoms with Crippen molar-refractivity contribution in [3.63, 3.8) is 0 Å².